The molecule has 1 aliphatic rings. The molecule has 0 radical (unpaired) electrons. The van der Waals surface area contributed by atoms with Gasteiger partial charge < -0.3 is 10.6 Å². The van der Waals surface area contributed by atoms with Crippen LogP contribution in [-0.2, 0) is 4.79 Å². The second-order valence-electron chi connectivity index (χ2n) is 5.07. The predicted molar refractivity (Wildman–Crippen MR) is 73.7 cm³/mol. The van der Waals surface area contributed by atoms with Crippen molar-refractivity contribution in [2.75, 3.05) is 32.0 Å². The highest BCUT2D eigenvalue weighted by Gasteiger charge is 2.20. The molecular weight excluding hydrogens is 245 g/mol. The van der Waals surface area contributed by atoms with Gasteiger partial charge in [0.15, 0.2) is 0 Å². The number of anilines is 1. The number of likely N-dealkylation sites (N-methyl/N-ethyl adjacent to an activating group) is 1. The number of carbonyl (C=O) groups is 1. The van der Waals surface area contributed by atoms with Crippen molar-refractivity contribution in [1.29, 1.82) is 0 Å². The van der Waals surface area contributed by atoms with Crippen LogP contribution in [0.1, 0.15) is 12.0 Å². The molecule has 0 saturated carbocycles. The Kier molecular flexibility index (Phi) is 4.50. The first-order valence-corrected chi connectivity index (χ1v) is 6.53. The third-order valence-corrected chi connectivity index (χ3v) is 3.52. The van der Waals surface area contributed by atoms with Gasteiger partial charge in [0.1, 0.15) is 5.82 Å². The average molecular weight is 265 g/mol. The van der Waals surface area contributed by atoms with Crippen LogP contribution in [0.2, 0.25) is 0 Å². The van der Waals surface area contributed by atoms with E-state index in [1.54, 1.807) is 6.07 Å². The summed E-state index contributed by atoms with van der Waals surface area (Å²) in [5.74, 6) is -0.447. The number of hydrogen-bond acceptors (Lipinski definition) is 3. The van der Waals surface area contributed by atoms with Crippen LogP contribution in [0.4, 0.5) is 10.1 Å². The van der Waals surface area contributed by atoms with Crippen LogP contribution >= 0.6 is 0 Å². The third-order valence-electron chi connectivity index (χ3n) is 3.52. The maximum absolute atomic E-state index is 13.1. The second kappa shape index (κ2) is 6.12. The Morgan fingerprint density at radius 2 is 2.37 bits per heavy atom. The van der Waals surface area contributed by atoms with Crippen molar-refractivity contribution in [3.05, 3.63) is 29.6 Å². The number of nitrogens with zero attached hydrogens (tertiary/aromatic N) is 1. The van der Waals surface area contributed by atoms with E-state index in [0.717, 1.165) is 25.1 Å². The van der Waals surface area contributed by atoms with E-state index in [2.05, 4.69) is 10.6 Å². The SMILES string of the molecule is Cc1ccc(F)cc1NC(=O)CN(C)C1CCNC1. The highest BCUT2D eigenvalue weighted by molar-refractivity contribution is 5.92. The van der Waals surface area contributed by atoms with E-state index < -0.39 is 0 Å². The number of carbonyl (C=O) groups excluding carboxylic acids is 1. The summed E-state index contributed by atoms with van der Waals surface area (Å²) in [6.07, 6.45) is 1.06. The van der Waals surface area contributed by atoms with E-state index in [9.17, 15) is 9.18 Å². The van der Waals surface area contributed by atoms with Crippen LogP contribution in [0.5, 0.6) is 0 Å². The summed E-state index contributed by atoms with van der Waals surface area (Å²) in [5, 5.41) is 6.03. The van der Waals surface area contributed by atoms with Crippen LogP contribution in [0.3, 0.4) is 0 Å². The Bertz CT molecular complexity index is 458. The highest BCUT2D eigenvalue weighted by atomic mass is 19.1. The molecular formula is C14H20FN3O. The average Bonchev–Trinajstić information content (AvgIpc) is 2.87. The van der Waals surface area contributed by atoms with Crippen molar-refractivity contribution in [3.63, 3.8) is 0 Å². The Morgan fingerprint density at radius 3 is 3.05 bits per heavy atom. The van der Waals surface area contributed by atoms with Gasteiger partial charge in [0.05, 0.1) is 6.54 Å². The van der Waals surface area contributed by atoms with Gasteiger partial charge in [-0.2, -0.15) is 0 Å². The molecule has 1 aromatic rings. The lowest BCUT2D eigenvalue weighted by molar-refractivity contribution is -0.117. The Balaban J connectivity index is 1.91. The molecule has 0 bridgehead atoms. The molecule has 1 unspecified atom stereocenters. The van der Waals surface area contributed by atoms with Gasteiger partial charge in [0.25, 0.3) is 0 Å². The van der Waals surface area contributed by atoms with Crippen molar-refractivity contribution in [2.45, 2.75) is 19.4 Å². The minimum Gasteiger partial charge on any atom is -0.325 e. The lowest BCUT2D eigenvalue weighted by Gasteiger charge is -2.22. The standard InChI is InChI=1S/C14H20FN3O/c1-10-3-4-11(15)7-13(10)17-14(19)9-18(2)12-5-6-16-8-12/h3-4,7,12,16H,5-6,8-9H2,1-2H3,(H,17,19). The van der Waals surface area contributed by atoms with Gasteiger partial charge in [-0.05, 0) is 44.6 Å². The van der Waals surface area contributed by atoms with Crippen molar-refractivity contribution in [2.24, 2.45) is 0 Å². The molecule has 0 aromatic heterocycles. The molecule has 1 amide bonds. The van der Waals surface area contributed by atoms with E-state index in [1.807, 2.05) is 18.9 Å². The van der Waals surface area contributed by atoms with Gasteiger partial charge >= 0.3 is 0 Å². The normalized spacial score (nSPS) is 18.8. The summed E-state index contributed by atoms with van der Waals surface area (Å²) in [4.78, 5) is 14.0. The predicted octanol–water partition coefficient (Wildman–Crippen LogP) is 1.37. The van der Waals surface area contributed by atoms with Crippen molar-refractivity contribution in [3.8, 4) is 0 Å². The molecule has 1 aliphatic heterocycles. The van der Waals surface area contributed by atoms with E-state index in [4.69, 9.17) is 0 Å². The van der Waals surface area contributed by atoms with E-state index in [0.29, 0.717) is 18.3 Å². The zero-order valence-corrected chi connectivity index (χ0v) is 11.4. The number of hydrogen-bond donors (Lipinski definition) is 2. The molecule has 19 heavy (non-hydrogen) atoms. The molecule has 2 N–H and O–H groups in total. The van der Waals surface area contributed by atoms with Crippen molar-refractivity contribution < 1.29 is 9.18 Å². The summed E-state index contributed by atoms with van der Waals surface area (Å²) in [7, 11) is 1.94. The van der Waals surface area contributed by atoms with Gasteiger partial charge in [0.2, 0.25) is 5.91 Å². The van der Waals surface area contributed by atoms with E-state index in [-0.39, 0.29) is 11.7 Å². The van der Waals surface area contributed by atoms with Gasteiger partial charge in [-0.15, -0.1) is 0 Å². The second-order valence-corrected chi connectivity index (χ2v) is 5.07. The number of aryl methyl sites for hydroxylation is 1. The quantitative estimate of drug-likeness (QED) is 0.864. The third kappa shape index (κ3) is 3.75. The van der Waals surface area contributed by atoms with Crippen LogP contribution < -0.4 is 10.6 Å². The van der Waals surface area contributed by atoms with Crippen LogP contribution in [0, 0.1) is 12.7 Å². The summed E-state index contributed by atoms with van der Waals surface area (Å²) >= 11 is 0. The summed E-state index contributed by atoms with van der Waals surface area (Å²) in [6.45, 7) is 4.09. The van der Waals surface area contributed by atoms with Gasteiger partial charge in [0, 0.05) is 18.3 Å². The van der Waals surface area contributed by atoms with Gasteiger partial charge in [-0.1, -0.05) is 6.07 Å². The maximum atomic E-state index is 13.1. The fourth-order valence-electron chi connectivity index (χ4n) is 2.29. The fourth-order valence-corrected chi connectivity index (χ4v) is 2.29. The minimum absolute atomic E-state index is 0.108. The van der Waals surface area contributed by atoms with Crippen molar-refractivity contribution in [1.82, 2.24) is 10.2 Å². The first-order valence-electron chi connectivity index (χ1n) is 6.53. The molecule has 1 atom stereocenters. The lowest BCUT2D eigenvalue weighted by atomic mass is 10.2. The van der Waals surface area contributed by atoms with Crippen LogP contribution in [-0.4, -0.2) is 43.5 Å². The number of nitrogens with one attached hydrogen (secondary N) is 2. The minimum atomic E-state index is -0.339. The molecule has 0 aliphatic carbocycles. The van der Waals surface area contributed by atoms with Crippen LogP contribution in [0.15, 0.2) is 18.2 Å². The Labute approximate surface area is 113 Å². The van der Waals surface area contributed by atoms with E-state index >= 15 is 0 Å². The molecule has 1 heterocycles. The molecule has 1 aromatic carbocycles. The zero-order valence-electron chi connectivity index (χ0n) is 11.4. The summed E-state index contributed by atoms with van der Waals surface area (Å²) in [6, 6.07) is 4.81. The number of benzene rings is 1. The van der Waals surface area contributed by atoms with Gasteiger partial charge in [-0.3, -0.25) is 9.69 Å². The monoisotopic (exact) mass is 265 g/mol. The molecule has 0 spiro atoms. The molecule has 2 rings (SSSR count). The molecule has 1 fully saturated rings. The summed E-state index contributed by atoms with van der Waals surface area (Å²) < 4.78 is 13.1. The first-order chi connectivity index (χ1) is 9.06. The fraction of sp³-hybridized carbons (Fsp3) is 0.500. The lowest BCUT2D eigenvalue weighted by Crippen LogP contribution is -2.39. The number of amides is 1. The highest BCUT2D eigenvalue weighted by Crippen LogP contribution is 2.16. The maximum Gasteiger partial charge on any atom is 0.238 e. The topological polar surface area (TPSA) is 44.4 Å². The zero-order chi connectivity index (χ0) is 13.8. The Hall–Kier alpha value is -1.46. The molecule has 5 heteroatoms. The number of rotatable bonds is 4. The van der Waals surface area contributed by atoms with Crippen molar-refractivity contribution >= 4 is 11.6 Å². The molecule has 104 valence electrons. The van der Waals surface area contributed by atoms with E-state index in [1.165, 1.54) is 12.1 Å². The van der Waals surface area contributed by atoms with Gasteiger partial charge in [-0.25, -0.2) is 4.39 Å². The largest absolute Gasteiger partial charge is 0.325 e. The number of halogens is 1. The Morgan fingerprint density at radius 1 is 1.58 bits per heavy atom. The molecule has 4 nitrogen and oxygen atoms in total. The smallest absolute Gasteiger partial charge is 0.238 e. The van der Waals surface area contributed by atoms with Crippen LogP contribution in [0.25, 0.3) is 0 Å². The molecule has 1 saturated heterocycles. The first kappa shape index (κ1) is 14.0. The summed E-state index contributed by atoms with van der Waals surface area (Å²) in [5.41, 5.74) is 1.41.